The summed E-state index contributed by atoms with van der Waals surface area (Å²) < 4.78 is 10.5. The Balaban J connectivity index is 2.17. The normalized spacial score (nSPS) is 17.8. The van der Waals surface area contributed by atoms with Crippen LogP contribution in [0.4, 0.5) is 0 Å². The van der Waals surface area contributed by atoms with E-state index in [0.717, 1.165) is 0 Å². The number of carbonyl (C=O) groups is 2. The minimum atomic E-state index is -0.888. The van der Waals surface area contributed by atoms with Crippen molar-refractivity contribution >= 4 is 40.7 Å². The van der Waals surface area contributed by atoms with Gasteiger partial charge < -0.3 is 24.6 Å². The Morgan fingerprint density at radius 3 is 2.53 bits per heavy atom. The van der Waals surface area contributed by atoms with Crippen LogP contribution in [0, 0.1) is 0 Å². The van der Waals surface area contributed by atoms with Gasteiger partial charge in [0.2, 0.25) is 0 Å². The summed E-state index contributed by atoms with van der Waals surface area (Å²) >= 11 is 12.1. The van der Waals surface area contributed by atoms with E-state index in [4.69, 9.17) is 32.7 Å². The number of carbonyl (C=O) groups excluding carboxylic acids is 2. The molecular weight excluding hydrogens is 457 g/mol. The fourth-order valence-corrected chi connectivity index (χ4v) is 3.91. The highest BCUT2D eigenvalue weighted by Gasteiger charge is 2.46. The molecule has 1 fully saturated rings. The number of nitrogens with zero attached hydrogens (tertiary/aromatic N) is 1. The monoisotopic (exact) mass is 479 g/mol. The van der Waals surface area contributed by atoms with E-state index in [2.05, 4.69) is 0 Å². The van der Waals surface area contributed by atoms with E-state index in [-0.39, 0.29) is 40.0 Å². The van der Waals surface area contributed by atoms with E-state index in [9.17, 15) is 19.8 Å². The second-order valence-electron chi connectivity index (χ2n) is 7.13. The van der Waals surface area contributed by atoms with Gasteiger partial charge in [-0.15, -0.1) is 0 Å². The molecule has 2 aromatic rings. The first-order valence-corrected chi connectivity index (χ1v) is 10.7. The average Bonchev–Trinajstić information content (AvgIpc) is 3.02. The highest BCUT2D eigenvalue weighted by molar-refractivity contribution is 6.46. The van der Waals surface area contributed by atoms with E-state index in [0.29, 0.717) is 30.2 Å². The molecule has 0 bridgehead atoms. The molecule has 1 unspecified atom stereocenters. The molecule has 32 heavy (non-hydrogen) atoms. The number of phenols is 1. The fourth-order valence-electron chi connectivity index (χ4n) is 3.61. The molecule has 170 valence electrons. The Morgan fingerprint density at radius 2 is 1.88 bits per heavy atom. The summed E-state index contributed by atoms with van der Waals surface area (Å²) in [6.07, 6.45) is 0.489. The van der Waals surface area contributed by atoms with Crippen LogP contribution in [0.1, 0.15) is 30.5 Å². The van der Waals surface area contributed by atoms with Crippen molar-refractivity contribution in [1.82, 2.24) is 4.90 Å². The minimum absolute atomic E-state index is 0.0728. The largest absolute Gasteiger partial charge is 0.507 e. The zero-order chi connectivity index (χ0) is 23.4. The van der Waals surface area contributed by atoms with Crippen molar-refractivity contribution in [2.75, 3.05) is 26.9 Å². The Bertz CT molecular complexity index is 1070. The summed E-state index contributed by atoms with van der Waals surface area (Å²) in [5, 5.41) is 21.6. The molecule has 1 saturated heterocycles. The molecule has 1 aliphatic heterocycles. The molecule has 3 rings (SSSR count). The van der Waals surface area contributed by atoms with E-state index >= 15 is 0 Å². The predicted molar refractivity (Wildman–Crippen MR) is 121 cm³/mol. The van der Waals surface area contributed by atoms with Crippen molar-refractivity contribution in [3.8, 4) is 11.5 Å². The number of aliphatic hydroxyl groups excluding tert-OH is 1. The van der Waals surface area contributed by atoms with Crippen molar-refractivity contribution in [3.05, 3.63) is 63.1 Å². The maximum Gasteiger partial charge on any atom is 0.295 e. The first kappa shape index (κ1) is 23.9. The average molecular weight is 480 g/mol. The van der Waals surface area contributed by atoms with Crippen LogP contribution < -0.4 is 4.74 Å². The van der Waals surface area contributed by atoms with Crippen molar-refractivity contribution in [2.24, 2.45) is 0 Å². The molecule has 1 atom stereocenters. The maximum atomic E-state index is 13.0. The number of amides is 1. The minimum Gasteiger partial charge on any atom is -0.507 e. The first-order chi connectivity index (χ1) is 15.3. The van der Waals surface area contributed by atoms with Gasteiger partial charge >= 0.3 is 0 Å². The standard InChI is InChI=1S/C23H23Cl2NO6/c1-3-32-18-12-13(6-8-17(18)27)20-19(21(28)14-5-7-15(24)16(25)11-14)22(29)23(30)26(20)9-4-10-31-2/h5-8,11-12,20,27-28H,3-4,9-10H2,1-2H3/b21-19-. The number of likely N-dealkylation sites (tertiary alicyclic amines) is 1. The SMILES string of the molecule is CCOc1cc(C2/C(=C(/O)c3ccc(Cl)c(Cl)c3)C(=O)C(=O)N2CCCOC)ccc1O. The molecule has 2 N–H and O–H groups in total. The smallest absolute Gasteiger partial charge is 0.295 e. The molecule has 0 aliphatic carbocycles. The summed E-state index contributed by atoms with van der Waals surface area (Å²) in [7, 11) is 1.55. The molecule has 0 spiro atoms. The number of phenolic OH excluding ortho intramolecular Hbond substituents is 1. The number of aliphatic hydroxyl groups is 1. The molecule has 0 saturated carbocycles. The lowest BCUT2D eigenvalue weighted by atomic mass is 9.95. The topological polar surface area (TPSA) is 96.3 Å². The van der Waals surface area contributed by atoms with Crippen LogP contribution in [0.2, 0.25) is 10.0 Å². The second-order valence-corrected chi connectivity index (χ2v) is 7.94. The molecule has 9 heteroatoms. The van der Waals surface area contributed by atoms with Gasteiger partial charge in [0.1, 0.15) is 5.76 Å². The van der Waals surface area contributed by atoms with Gasteiger partial charge in [0.05, 0.1) is 28.3 Å². The number of hydrogen-bond acceptors (Lipinski definition) is 6. The predicted octanol–water partition coefficient (Wildman–Crippen LogP) is 4.56. The lowest BCUT2D eigenvalue weighted by Crippen LogP contribution is -2.31. The lowest BCUT2D eigenvalue weighted by molar-refractivity contribution is -0.140. The number of methoxy groups -OCH3 is 1. The van der Waals surface area contributed by atoms with Gasteiger partial charge in [-0.3, -0.25) is 9.59 Å². The number of benzene rings is 2. The van der Waals surface area contributed by atoms with Crippen molar-refractivity contribution in [3.63, 3.8) is 0 Å². The van der Waals surface area contributed by atoms with Crippen LogP contribution in [-0.4, -0.2) is 53.7 Å². The molecule has 1 amide bonds. The number of ketones is 1. The van der Waals surface area contributed by atoms with Gasteiger partial charge in [-0.05, 0) is 49.2 Å². The Kier molecular flexibility index (Phi) is 7.66. The molecule has 0 radical (unpaired) electrons. The molecule has 1 aliphatic rings. The van der Waals surface area contributed by atoms with Gasteiger partial charge in [0.15, 0.2) is 11.5 Å². The number of Topliss-reactive ketones (excluding diaryl/α,β-unsaturated/α-hetero) is 1. The van der Waals surface area contributed by atoms with E-state index < -0.39 is 17.7 Å². The summed E-state index contributed by atoms with van der Waals surface area (Å²) in [5.41, 5.74) is 0.673. The van der Waals surface area contributed by atoms with Crippen molar-refractivity contribution in [1.29, 1.82) is 0 Å². The zero-order valence-corrected chi connectivity index (χ0v) is 19.1. The molecule has 1 heterocycles. The van der Waals surface area contributed by atoms with Crippen molar-refractivity contribution in [2.45, 2.75) is 19.4 Å². The van der Waals surface area contributed by atoms with Crippen molar-refractivity contribution < 1.29 is 29.3 Å². The first-order valence-electron chi connectivity index (χ1n) is 9.98. The molecular formula is C23H23Cl2NO6. The zero-order valence-electron chi connectivity index (χ0n) is 17.6. The molecule has 7 nitrogen and oxygen atoms in total. The van der Waals surface area contributed by atoms with Crippen LogP contribution in [0.25, 0.3) is 5.76 Å². The molecule has 0 aromatic heterocycles. The maximum absolute atomic E-state index is 13.0. The Labute approximate surface area is 195 Å². The third-order valence-electron chi connectivity index (χ3n) is 5.08. The van der Waals surface area contributed by atoms with E-state index in [1.807, 2.05) is 0 Å². The van der Waals surface area contributed by atoms with Crippen LogP contribution >= 0.6 is 23.2 Å². The van der Waals surface area contributed by atoms with Gasteiger partial charge in [-0.25, -0.2) is 0 Å². The highest BCUT2D eigenvalue weighted by Crippen LogP contribution is 2.42. The number of halogens is 2. The van der Waals surface area contributed by atoms with E-state index in [1.54, 1.807) is 26.2 Å². The van der Waals surface area contributed by atoms with Crippen LogP contribution in [0.5, 0.6) is 11.5 Å². The van der Waals surface area contributed by atoms with Crippen LogP contribution in [0.15, 0.2) is 42.0 Å². The quantitative estimate of drug-likeness (QED) is 0.249. The summed E-state index contributed by atoms with van der Waals surface area (Å²) in [5.74, 6) is -1.79. The summed E-state index contributed by atoms with van der Waals surface area (Å²) in [4.78, 5) is 27.3. The summed E-state index contributed by atoms with van der Waals surface area (Å²) in [6.45, 7) is 2.70. The van der Waals surface area contributed by atoms with Gasteiger partial charge in [-0.1, -0.05) is 29.3 Å². The fraction of sp³-hybridized carbons (Fsp3) is 0.304. The summed E-state index contributed by atoms with van der Waals surface area (Å²) in [6, 6.07) is 8.12. The third-order valence-corrected chi connectivity index (χ3v) is 5.82. The number of rotatable bonds is 8. The highest BCUT2D eigenvalue weighted by atomic mass is 35.5. The number of ether oxygens (including phenoxy) is 2. The van der Waals surface area contributed by atoms with Crippen LogP contribution in [-0.2, 0) is 14.3 Å². The lowest BCUT2D eigenvalue weighted by Gasteiger charge is -2.25. The van der Waals surface area contributed by atoms with E-state index in [1.165, 1.54) is 29.2 Å². The third kappa shape index (κ3) is 4.70. The number of hydrogen-bond donors (Lipinski definition) is 2. The van der Waals surface area contributed by atoms with Gasteiger partial charge in [0, 0.05) is 25.8 Å². The van der Waals surface area contributed by atoms with Gasteiger partial charge in [0.25, 0.3) is 11.7 Å². The second kappa shape index (κ2) is 10.3. The Hall–Kier alpha value is -2.74. The van der Waals surface area contributed by atoms with Crippen LogP contribution in [0.3, 0.4) is 0 Å². The number of aromatic hydroxyl groups is 1. The Morgan fingerprint density at radius 1 is 1.12 bits per heavy atom. The van der Waals surface area contributed by atoms with Gasteiger partial charge in [-0.2, -0.15) is 0 Å². The molecule has 2 aromatic carbocycles.